The molecule has 0 atom stereocenters. The van der Waals surface area contributed by atoms with E-state index in [2.05, 4.69) is 25.8 Å². The Hall–Kier alpha value is -1.94. The van der Waals surface area contributed by atoms with Gasteiger partial charge in [0, 0.05) is 16.6 Å². The molecule has 0 spiro atoms. The molecule has 80 valence electrons. The van der Waals surface area contributed by atoms with Crippen LogP contribution in [-0.4, -0.2) is 0 Å². The SMILES string of the molecule is C#Cc1cccc2cc(N)cc(C(C)C)c12. The lowest BCUT2D eigenvalue weighted by molar-refractivity contribution is 0.876. The standard InChI is InChI=1S/C15H15N/c1-4-11-6-5-7-12-8-13(16)9-14(10(2)3)15(11)12/h1,5-10H,16H2,2-3H3. The minimum absolute atomic E-state index is 0.417. The molecule has 2 aromatic carbocycles. The largest absolute Gasteiger partial charge is 0.399 e. The van der Waals surface area contributed by atoms with Crippen LogP contribution in [0.1, 0.15) is 30.9 Å². The van der Waals surface area contributed by atoms with Gasteiger partial charge in [-0.15, -0.1) is 6.42 Å². The third-order valence-electron chi connectivity index (χ3n) is 2.81. The van der Waals surface area contributed by atoms with Crippen LogP contribution in [0.5, 0.6) is 0 Å². The molecule has 0 aliphatic heterocycles. The summed E-state index contributed by atoms with van der Waals surface area (Å²) in [6.45, 7) is 4.31. The van der Waals surface area contributed by atoms with Gasteiger partial charge in [-0.1, -0.05) is 31.9 Å². The van der Waals surface area contributed by atoms with Gasteiger partial charge in [0.15, 0.2) is 0 Å². The van der Waals surface area contributed by atoms with Crippen LogP contribution in [-0.2, 0) is 0 Å². The van der Waals surface area contributed by atoms with E-state index in [1.165, 1.54) is 5.56 Å². The third-order valence-corrected chi connectivity index (χ3v) is 2.81. The fourth-order valence-corrected chi connectivity index (χ4v) is 2.06. The molecule has 0 radical (unpaired) electrons. The fraction of sp³-hybridized carbons (Fsp3) is 0.200. The van der Waals surface area contributed by atoms with Gasteiger partial charge in [-0.3, -0.25) is 0 Å². The lowest BCUT2D eigenvalue weighted by atomic mass is 9.92. The van der Waals surface area contributed by atoms with Crippen molar-refractivity contribution in [3.63, 3.8) is 0 Å². The predicted octanol–water partition coefficient (Wildman–Crippen LogP) is 3.53. The second-order valence-corrected chi connectivity index (χ2v) is 4.31. The summed E-state index contributed by atoms with van der Waals surface area (Å²) in [6.07, 6.45) is 5.54. The van der Waals surface area contributed by atoms with Crippen LogP contribution < -0.4 is 5.73 Å². The number of rotatable bonds is 1. The summed E-state index contributed by atoms with van der Waals surface area (Å²) in [6, 6.07) is 10.00. The van der Waals surface area contributed by atoms with E-state index in [0.29, 0.717) is 5.92 Å². The minimum atomic E-state index is 0.417. The quantitative estimate of drug-likeness (QED) is 0.564. The van der Waals surface area contributed by atoms with Crippen molar-refractivity contribution in [2.45, 2.75) is 19.8 Å². The monoisotopic (exact) mass is 209 g/mol. The average molecular weight is 209 g/mol. The molecule has 2 aromatic rings. The van der Waals surface area contributed by atoms with Crippen molar-refractivity contribution in [3.05, 3.63) is 41.5 Å². The second kappa shape index (κ2) is 3.90. The molecular formula is C15H15N. The molecule has 0 unspecified atom stereocenters. The number of nitrogen functional groups attached to an aromatic ring is 1. The van der Waals surface area contributed by atoms with Crippen LogP contribution in [0, 0.1) is 12.3 Å². The first-order valence-corrected chi connectivity index (χ1v) is 5.42. The van der Waals surface area contributed by atoms with Gasteiger partial charge in [-0.2, -0.15) is 0 Å². The minimum Gasteiger partial charge on any atom is -0.399 e. The molecule has 0 amide bonds. The first kappa shape index (κ1) is 10.6. The van der Waals surface area contributed by atoms with Crippen molar-refractivity contribution in [1.82, 2.24) is 0 Å². The number of fused-ring (bicyclic) bond motifs is 1. The number of hydrogen-bond donors (Lipinski definition) is 1. The highest BCUT2D eigenvalue weighted by Gasteiger charge is 2.09. The van der Waals surface area contributed by atoms with E-state index in [-0.39, 0.29) is 0 Å². The zero-order valence-corrected chi connectivity index (χ0v) is 9.62. The Labute approximate surface area is 96.3 Å². The van der Waals surface area contributed by atoms with Crippen LogP contribution in [0.25, 0.3) is 10.8 Å². The van der Waals surface area contributed by atoms with Crippen molar-refractivity contribution in [3.8, 4) is 12.3 Å². The number of terminal acetylenes is 1. The van der Waals surface area contributed by atoms with Crippen LogP contribution in [0.15, 0.2) is 30.3 Å². The molecule has 2 rings (SSSR count). The highest BCUT2D eigenvalue weighted by molar-refractivity contribution is 5.93. The van der Waals surface area contributed by atoms with Crippen molar-refractivity contribution in [2.24, 2.45) is 0 Å². The van der Waals surface area contributed by atoms with E-state index in [1.54, 1.807) is 0 Å². The first-order chi connectivity index (χ1) is 7.63. The van der Waals surface area contributed by atoms with Crippen molar-refractivity contribution >= 4 is 16.5 Å². The lowest BCUT2D eigenvalue weighted by Gasteiger charge is -2.13. The molecule has 1 nitrogen and oxygen atoms in total. The molecule has 0 bridgehead atoms. The molecule has 0 saturated heterocycles. The third kappa shape index (κ3) is 1.63. The molecule has 1 heteroatoms. The van der Waals surface area contributed by atoms with Gasteiger partial charge in [-0.25, -0.2) is 0 Å². The van der Waals surface area contributed by atoms with Gasteiger partial charge >= 0.3 is 0 Å². The van der Waals surface area contributed by atoms with E-state index >= 15 is 0 Å². The lowest BCUT2D eigenvalue weighted by Crippen LogP contribution is -1.95. The molecule has 0 aliphatic carbocycles. The summed E-state index contributed by atoms with van der Waals surface area (Å²) in [5.41, 5.74) is 8.87. The van der Waals surface area contributed by atoms with Crippen LogP contribution >= 0.6 is 0 Å². The Morgan fingerprint density at radius 1 is 1.25 bits per heavy atom. The van der Waals surface area contributed by atoms with Gasteiger partial charge in [0.05, 0.1) is 0 Å². The number of anilines is 1. The Bertz CT molecular complexity index is 574. The number of hydrogen-bond acceptors (Lipinski definition) is 1. The Balaban J connectivity index is 2.92. The van der Waals surface area contributed by atoms with Crippen LogP contribution in [0.3, 0.4) is 0 Å². The molecule has 16 heavy (non-hydrogen) atoms. The van der Waals surface area contributed by atoms with E-state index in [4.69, 9.17) is 12.2 Å². The highest BCUT2D eigenvalue weighted by Crippen LogP contribution is 2.30. The van der Waals surface area contributed by atoms with Crippen molar-refractivity contribution in [1.29, 1.82) is 0 Å². The molecule has 2 N–H and O–H groups in total. The van der Waals surface area contributed by atoms with Crippen molar-refractivity contribution < 1.29 is 0 Å². The maximum atomic E-state index is 5.90. The smallest absolute Gasteiger partial charge is 0.0323 e. The fourth-order valence-electron chi connectivity index (χ4n) is 2.06. The van der Waals surface area contributed by atoms with Crippen LogP contribution in [0.2, 0.25) is 0 Å². The zero-order valence-electron chi connectivity index (χ0n) is 9.62. The topological polar surface area (TPSA) is 26.0 Å². The Kier molecular flexibility index (Phi) is 2.58. The maximum Gasteiger partial charge on any atom is 0.0323 e. The predicted molar refractivity (Wildman–Crippen MR) is 70.4 cm³/mol. The molecule has 0 aromatic heterocycles. The van der Waals surface area contributed by atoms with Gasteiger partial charge in [0.1, 0.15) is 0 Å². The molecule has 0 saturated carbocycles. The van der Waals surface area contributed by atoms with E-state index in [1.807, 2.05) is 24.3 Å². The summed E-state index contributed by atoms with van der Waals surface area (Å²) in [5, 5.41) is 2.29. The zero-order chi connectivity index (χ0) is 11.7. The van der Waals surface area contributed by atoms with Crippen LogP contribution in [0.4, 0.5) is 5.69 Å². The molecular weight excluding hydrogens is 194 g/mol. The number of benzene rings is 2. The van der Waals surface area contributed by atoms with Gasteiger partial charge in [0.2, 0.25) is 0 Å². The van der Waals surface area contributed by atoms with E-state index in [9.17, 15) is 0 Å². The maximum absolute atomic E-state index is 5.90. The summed E-state index contributed by atoms with van der Waals surface area (Å²) in [7, 11) is 0. The highest BCUT2D eigenvalue weighted by atomic mass is 14.5. The molecule has 0 heterocycles. The van der Waals surface area contributed by atoms with E-state index < -0.39 is 0 Å². The van der Waals surface area contributed by atoms with Gasteiger partial charge in [-0.05, 0) is 35.1 Å². The average Bonchev–Trinajstić information content (AvgIpc) is 2.26. The molecule has 0 fully saturated rings. The van der Waals surface area contributed by atoms with E-state index in [0.717, 1.165) is 22.0 Å². The summed E-state index contributed by atoms with van der Waals surface area (Å²) in [5.74, 6) is 3.16. The Morgan fingerprint density at radius 3 is 2.62 bits per heavy atom. The molecule has 0 aliphatic rings. The summed E-state index contributed by atoms with van der Waals surface area (Å²) >= 11 is 0. The summed E-state index contributed by atoms with van der Waals surface area (Å²) in [4.78, 5) is 0. The van der Waals surface area contributed by atoms with Gasteiger partial charge in [0.25, 0.3) is 0 Å². The first-order valence-electron chi connectivity index (χ1n) is 5.42. The number of nitrogens with two attached hydrogens (primary N) is 1. The summed E-state index contributed by atoms with van der Waals surface area (Å²) < 4.78 is 0. The second-order valence-electron chi connectivity index (χ2n) is 4.31. The van der Waals surface area contributed by atoms with Gasteiger partial charge < -0.3 is 5.73 Å². The van der Waals surface area contributed by atoms with Crippen molar-refractivity contribution in [2.75, 3.05) is 5.73 Å². The Morgan fingerprint density at radius 2 is 2.00 bits per heavy atom. The normalized spacial score (nSPS) is 10.6.